The summed E-state index contributed by atoms with van der Waals surface area (Å²) in [5.41, 5.74) is 0. The van der Waals surface area contributed by atoms with E-state index in [9.17, 15) is 14.4 Å². The number of carboxylic acids is 1. The summed E-state index contributed by atoms with van der Waals surface area (Å²) in [4.78, 5) is 42.6. The summed E-state index contributed by atoms with van der Waals surface area (Å²) in [7, 11) is 3.11. The first-order valence-electron chi connectivity index (χ1n) is 8.18. The van der Waals surface area contributed by atoms with E-state index >= 15 is 0 Å². The lowest BCUT2D eigenvalue weighted by atomic mass is 9.95. The van der Waals surface area contributed by atoms with Gasteiger partial charge in [0.1, 0.15) is 4.88 Å². The number of carboxylic acid groups (broad SMARTS) is 1. The van der Waals surface area contributed by atoms with Crippen LogP contribution in [0, 0.1) is 5.92 Å². The minimum atomic E-state index is -0.970. The highest BCUT2D eigenvalue weighted by molar-refractivity contribution is 7.17. The van der Waals surface area contributed by atoms with Gasteiger partial charge in [-0.1, -0.05) is 11.3 Å². The van der Waals surface area contributed by atoms with Gasteiger partial charge in [-0.2, -0.15) is 0 Å². The largest absolute Gasteiger partial charge is 0.477 e. The van der Waals surface area contributed by atoms with Crippen molar-refractivity contribution < 1.29 is 24.2 Å². The Morgan fingerprint density at radius 3 is 2.64 bits per heavy atom. The quantitative estimate of drug-likeness (QED) is 0.726. The lowest BCUT2D eigenvalue weighted by Gasteiger charge is -2.33. The lowest BCUT2D eigenvalue weighted by Crippen LogP contribution is -2.41. The number of ether oxygens (including phenoxy) is 1. The molecule has 0 unspecified atom stereocenters. The number of aromatic nitrogens is 1. The molecule has 2 rings (SSSR count). The predicted molar refractivity (Wildman–Crippen MR) is 92.9 cm³/mol. The average molecular weight is 369 g/mol. The molecule has 0 aliphatic carbocycles. The van der Waals surface area contributed by atoms with E-state index in [1.54, 1.807) is 11.9 Å². The van der Waals surface area contributed by atoms with Crippen molar-refractivity contribution in [1.29, 1.82) is 0 Å². The van der Waals surface area contributed by atoms with Crippen LogP contribution in [0.25, 0.3) is 0 Å². The van der Waals surface area contributed by atoms with Crippen LogP contribution in [0.15, 0.2) is 6.20 Å². The molecule has 1 amide bonds. The highest BCUT2D eigenvalue weighted by Gasteiger charge is 2.28. The van der Waals surface area contributed by atoms with Gasteiger partial charge in [0, 0.05) is 39.0 Å². The van der Waals surface area contributed by atoms with Crippen molar-refractivity contribution in [3.8, 4) is 0 Å². The van der Waals surface area contributed by atoms with E-state index in [0.717, 1.165) is 11.3 Å². The number of hydrogen-bond donors (Lipinski definition) is 1. The first kappa shape index (κ1) is 19.2. The van der Waals surface area contributed by atoms with E-state index < -0.39 is 5.97 Å². The molecule has 25 heavy (non-hydrogen) atoms. The van der Waals surface area contributed by atoms with Crippen molar-refractivity contribution in [2.75, 3.05) is 38.7 Å². The number of methoxy groups -OCH3 is 1. The van der Waals surface area contributed by atoms with Gasteiger partial charge >= 0.3 is 11.9 Å². The molecule has 0 saturated carbocycles. The molecular weight excluding hydrogens is 346 g/mol. The predicted octanol–water partition coefficient (Wildman–Crippen LogP) is 1.47. The number of esters is 1. The number of aromatic carboxylic acids is 1. The molecule has 1 N–H and O–H groups in total. The van der Waals surface area contributed by atoms with Crippen LogP contribution in [-0.4, -0.2) is 66.6 Å². The van der Waals surface area contributed by atoms with Crippen LogP contribution < -0.4 is 4.90 Å². The van der Waals surface area contributed by atoms with E-state index in [4.69, 9.17) is 5.11 Å². The van der Waals surface area contributed by atoms with Crippen LogP contribution in [0.3, 0.4) is 0 Å². The number of thiazole rings is 1. The summed E-state index contributed by atoms with van der Waals surface area (Å²) in [6.45, 7) is 1.89. The van der Waals surface area contributed by atoms with Crippen molar-refractivity contribution >= 4 is 34.3 Å². The second kappa shape index (κ2) is 8.80. The van der Waals surface area contributed by atoms with Gasteiger partial charge in [-0.3, -0.25) is 9.59 Å². The fraction of sp³-hybridized carbons (Fsp3) is 0.625. The SMILES string of the molecule is COC(=O)CCCN(C)C(=O)C1CCN(c2ncc(C(=O)O)s2)CC1. The Balaban J connectivity index is 1.79. The molecule has 1 saturated heterocycles. The number of rotatable bonds is 7. The maximum Gasteiger partial charge on any atom is 0.347 e. The summed E-state index contributed by atoms with van der Waals surface area (Å²) in [6, 6.07) is 0. The summed E-state index contributed by atoms with van der Waals surface area (Å²) >= 11 is 1.16. The average Bonchev–Trinajstić information content (AvgIpc) is 3.11. The first-order chi connectivity index (χ1) is 11.9. The third-order valence-corrected chi connectivity index (χ3v) is 5.34. The third kappa shape index (κ3) is 5.15. The van der Waals surface area contributed by atoms with Crippen LogP contribution >= 0.6 is 11.3 Å². The van der Waals surface area contributed by atoms with Crippen LogP contribution in [0.5, 0.6) is 0 Å². The molecule has 0 radical (unpaired) electrons. The highest BCUT2D eigenvalue weighted by Crippen LogP contribution is 2.28. The lowest BCUT2D eigenvalue weighted by molar-refractivity contribution is -0.141. The molecule has 0 spiro atoms. The van der Waals surface area contributed by atoms with Crippen LogP contribution in [0.2, 0.25) is 0 Å². The fourth-order valence-electron chi connectivity index (χ4n) is 2.81. The van der Waals surface area contributed by atoms with Gasteiger partial charge < -0.3 is 19.6 Å². The molecular formula is C16H23N3O5S. The van der Waals surface area contributed by atoms with Crippen LogP contribution in [-0.2, 0) is 14.3 Å². The van der Waals surface area contributed by atoms with Gasteiger partial charge in [-0.25, -0.2) is 9.78 Å². The van der Waals surface area contributed by atoms with E-state index in [1.165, 1.54) is 13.3 Å². The van der Waals surface area contributed by atoms with Crippen molar-refractivity contribution in [1.82, 2.24) is 9.88 Å². The van der Waals surface area contributed by atoms with Crippen LogP contribution in [0.4, 0.5) is 5.13 Å². The van der Waals surface area contributed by atoms with Gasteiger partial charge in [0.15, 0.2) is 5.13 Å². The Labute approximate surface area is 150 Å². The number of carbonyl (C=O) groups is 3. The summed E-state index contributed by atoms with van der Waals surface area (Å²) in [5, 5.41) is 9.66. The van der Waals surface area contributed by atoms with E-state index in [0.29, 0.717) is 50.4 Å². The van der Waals surface area contributed by atoms with Crippen molar-refractivity contribution in [3.63, 3.8) is 0 Å². The number of hydrogen-bond acceptors (Lipinski definition) is 7. The Bertz CT molecular complexity index is 625. The summed E-state index contributed by atoms with van der Waals surface area (Å²) < 4.78 is 4.59. The van der Waals surface area contributed by atoms with Gasteiger partial charge in [-0.15, -0.1) is 0 Å². The number of amides is 1. The van der Waals surface area contributed by atoms with Gasteiger partial charge in [0.25, 0.3) is 0 Å². The Kier molecular flexibility index (Phi) is 6.74. The molecule has 0 aromatic carbocycles. The topological polar surface area (TPSA) is 100 Å². The molecule has 1 aromatic rings. The molecule has 2 heterocycles. The van der Waals surface area contributed by atoms with E-state index in [-0.39, 0.29) is 22.7 Å². The number of carbonyl (C=O) groups excluding carboxylic acids is 2. The Morgan fingerprint density at radius 1 is 1.40 bits per heavy atom. The molecule has 1 aliphatic heterocycles. The second-order valence-electron chi connectivity index (χ2n) is 6.01. The van der Waals surface area contributed by atoms with E-state index in [2.05, 4.69) is 9.72 Å². The maximum atomic E-state index is 12.5. The molecule has 1 fully saturated rings. The minimum Gasteiger partial charge on any atom is -0.477 e. The number of anilines is 1. The standard InChI is InChI=1S/C16H23N3O5S/c1-18(7-3-4-13(20)24-2)14(21)11-5-8-19(9-6-11)16-17-10-12(25-16)15(22)23/h10-11H,3-9H2,1-2H3,(H,22,23). The van der Waals surface area contributed by atoms with Crippen LogP contribution in [0.1, 0.15) is 35.4 Å². The van der Waals surface area contributed by atoms with Gasteiger partial charge in [-0.05, 0) is 19.3 Å². The van der Waals surface area contributed by atoms with Crippen molar-refractivity contribution in [3.05, 3.63) is 11.1 Å². The second-order valence-corrected chi connectivity index (χ2v) is 7.02. The Hall–Kier alpha value is -2.16. The first-order valence-corrected chi connectivity index (χ1v) is 9.00. The molecule has 8 nitrogen and oxygen atoms in total. The van der Waals surface area contributed by atoms with Gasteiger partial charge in [0.05, 0.1) is 13.3 Å². The molecule has 9 heteroatoms. The molecule has 138 valence electrons. The molecule has 0 bridgehead atoms. The smallest absolute Gasteiger partial charge is 0.347 e. The maximum absolute atomic E-state index is 12.5. The zero-order valence-corrected chi connectivity index (χ0v) is 15.3. The highest BCUT2D eigenvalue weighted by atomic mass is 32.1. The van der Waals surface area contributed by atoms with Gasteiger partial charge in [0.2, 0.25) is 5.91 Å². The number of nitrogens with zero attached hydrogens (tertiary/aromatic N) is 3. The monoisotopic (exact) mass is 369 g/mol. The fourth-order valence-corrected chi connectivity index (χ4v) is 3.62. The Morgan fingerprint density at radius 2 is 2.08 bits per heavy atom. The normalized spacial score (nSPS) is 15.0. The minimum absolute atomic E-state index is 0.0433. The van der Waals surface area contributed by atoms with Crippen molar-refractivity contribution in [2.45, 2.75) is 25.7 Å². The molecule has 1 aromatic heterocycles. The summed E-state index contributed by atoms with van der Waals surface area (Å²) in [5.74, 6) is -1.19. The third-order valence-electron chi connectivity index (χ3n) is 4.30. The summed E-state index contributed by atoms with van der Waals surface area (Å²) in [6.07, 6.45) is 3.69. The molecule has 1 aliphatic rings. The van der Waals surface area contributed by atoms with Crippen molar-refractivity contribution in [2.24, 2.45) is 5.92 Å². The zero-order valence-electron chi connectivity index (χ0n) is 14.4. The van der Waals surface area contributed by atoms with E-state index in [1.807, 2.05) is 4.90 Å². The number of piperidine rings is 1. The zero-order chi connectivity index (χ0) is 18.4. The molecule has 0 atom stereocenters.